The Kier molecular flexibility index (Phi) is 2.98. The van der Waals surface area contributed by atoms with Gasteiger partial charge in [0.05, 0.1) is 6.10 Å². The molecule has 72 valence electrons. The van der Waals surface area contributed by atoms with Crippen molar-refractivity contribution in [2.45, 2.75) is 31.4 Å². The lowest BCUT2D eigenvalue weighted by atomic mass is 10.1. The van der Waals surface area contributed by atoms with E-state index in [0.29, 0.717) is 6.04 Å². The van der Waals surface area contributed by atoms with Crippen molar-refractivity contribution in [1.82, 2.24) is 5.32 Å². The van der Waals surface area contributed by atoms with Crippen molar-refractivity contribution in [3.8, 4) is 0 Å². The fourth-order valence-electron chi connectivity index (χ4n) is 1.82. The summed E-state index contributed by atoms with van der Waals surface area (Å²) in [6.45, 7) is 1.11. The summed E-state index contributed by atoms with van der Waals surface area (Å²) in [6, 6.07) is 4.52. The van der Waals surface area contributed by atoms with E-state index in [-0.39, 0.29) is 6.10 Å². The highest BCUT2D eigenvalue weighted by Crippen LogP contribution is 2.25. The Balaban J connectivity index is 1.87. The first kappa shape index (κ1) is 9.19. The molecule has 0 amide bonds. The number of aliphatic hydroxyl groups is 1. The quantitative estimate of drug-likeness (QED) is 0.776. The van der Waals surface area contributed by atoms with Crippen LogP contribution in [-0.2, 0) is 0 Å². The van der Waals surface area contributed by atoms with Gasteiger partial charge < -0.3 is 10.4 Å². The minimum absolute atomic E-state index is 0.268. The van der Waals surface area contributed by atoms with Gasteiger partial charge in [0.25, 0.3) is 0 Å². The number of hydrogen-bond acceptors (Lipinski definition) is 3. The number of hydrogen-bond donors (Lipinski definition) is 2. The van der Waals surface area contributed by atoms with Crippen molar-refractivity contribution in [2.75, 3.05) is 6.54 Å². The first-order valence-corrected chi connectivity index (χ1v) is 5.69. The molecule has 0 aliphatic carbocycles. The molecule has 0 saturated carbocycles. The molecule has 2 atom stereocenters. The maximum Gasteiger partial charge on any atom is 0.0896 e. The summed E-state index contributed by atoms with van der Waals surface area (Å²) in [6.07, 6.45) is 3.06. The molecule has 0 spiro atoms. The summed E-state index contributed by atoms with van der Waals surface area (Å²) in [5.74, 6) is 0. The zero-order chi connectivity index (χ0) is 9.10. The second-order valence-corrected chi connectivity index (χ2v) is 4.54. The predicted octanol–water partition coefficient (Wildman–Crippen LogP) is 1.92. The monoisotopic (exact) mass is 197 g/mol. The molecule has 1 fully saturated rings. The standard InChI is InChI=1S/C10H15NOS/c12-9(10-4-2-6-13-10)7-8-3-1-5-11-8/h2,4,6,8-9,11-12H,1,3,5,7H2/t8-,9+/m1/s1. The highest BCUT2D eigenvalue weighted by molar-refractivity contribution is 7.10. The van der Waals surface area contributed by atoms with E-state index in [9.17, 15) is 5.11 Å². The van der Waals surface area contributed by atoms with Gasteiger partial charge in [-0.15, -0.1) is 11.3 Å². The van der Waals surface area contributed by atoms with E-state index < -0.39 is 0 Å². The Labute approximate surface area is 82.6 Å². The topological polar surface area (TPSA) is 32.3 Å². The fraction of sp³-hybridized carbons (Fsp3) is 0.600. The Morgan fingerprint density at radius 1 is 1.69 bits per heavy atom. The molecule has 1 aromatic rings. The highest BCUT2D eigenvalue weighted by atomic mass is 32.1. The summed E-state index contributed by atoms with van der Waals surface area (Å²) >= 11 is 1.64. The van der Waals surface area contributed by atoms with Crippen molar-refractivity contribution < 1.29 is 5.11 Å². The van der Waals surface area contributed by atoms with Gasteiger partial charge in [0.15, 0.2) is 0 Å². The van der Waals surface area contributed by atoms with Crippen LogP contribution in [0.25, 0.3) is 0 Å². The lowest BCUT2D eigenvalue weighted by molar-refractivity contribution is 0.158. The molecule has 2 nitrogen and oxygen atoms in total. The molecule has 3 heteroatoms. The van der Waals surface area contributed by atoms with E-state index in [0.717, 1.165) is 17.8 Å². The van der Waals surface area contributed by atoms with Gasteiger partial charge in [-0.3, -0.25) is 0 Å². The molecule has 13 heavy (non-hydrogen) atoms. The van der Waals surface area contributed by atoms with E-state index >= 15 is 0 Å². The molecule has 2 heterocycles. The van der Waals surface area contributed by atoms with Crippen molar-refractivity contribution >= 4 is 11.3 Å². The maximum absolute atomic E-state index is 9.84. The van der Waals surface area contributed by atoms with Crippen molar-refractivity contribution in [3.63, 3.8) is 0 Å². The highest BCUT2D eigenvalue weighted by Gasteiger charge is 2.19. The molecule has 2 rings (SSSR count). The van der Waals surface area contributed by atoms with Crippen LogP contribution in [0.15, 0.2) is 17.5 Å². The molecule has 0 aromatic carbocycles. The third kappa shape index (κ3) is 2.30. The van der Waals surface area contributed by atoms with Gasteiger partial charge in [0.2, 0.25) is 0 Å². The Morgan fingerprint density at radius 3 is 3.23 bits per heavy atom. The molecule has 1 aliphatic heterocycles. The van der Waals surface area contributed by atoms with Gasteiger partial charge >= 0.3 is 0 Å². The van der Waals surface area contributed by atoms with Crippen LogP contribution >= 0.6 is 11.3 Å². The molecule has 1 saturated heterocycles. The minimum atomic E-state index is -0.268. The third-order valence-electron chi connectivity index (χ3n) is 2.54. The van der Waals surface area contributed by atoms with Crippen LogP contribution in [0.2, 0.25) is 0 Å². The number of thiophene rings is 1. The smallest absolute Gasteiger partial charge is 0.0896 e. The van der Waals surface area contributed by atoms with E-state index in [1.54, 1.807) is 11.3 Å². The zero-order valence-corrected chi connectivity index (χ0v) is 8.39. The first-order chi connectivity index (χ1) is 6.36. The van der Waals surface area contributed by atoms with Gasteiger partial charge in [-0.1, -0.05) is 6.07 Å². The van der Waals surface area contributed by atoms with E-state index in [1.165, 1.54) is 12.8 Å². The summed E-state index contributed by atoms with van der Waals surface area (Å²) in [7, 11) is 0. The van der Waals surface area contributed by atoms with Crippen molar-refractivity contribution in [1.29, 1.82) is 0 Å². The number of rotatable bonds is 3. The van der Waals surface area contributed by atoms with Crippen LogP contribution < -0.4 is 5.32 Å². The minimum Gasteiger partial charge on any atom is -0.388 e. The Hall–Kier alpha value is -0.380. The predicted molar refractivity (Wildman–Crippen MR) is 54.9 cm³/mol. The van der Waals surface area contributed by atoms with Crippen molar-refractivity contribution in [3.05, 3.63) is 22.4 Å². The maximum atomic E-state index is 9.84. The van der Waals surface area contributed by atoms with E-state index in [1.807, 2.05) is 17.5 Å². The fourth-order valence-corrected chi connectivity index (χ4v) is 2.55. The number of aliphatic hydroxyl groups excluding tert-OH is 1. The van der Waals surface area contributed by atoms with Crippen LogP contribution in [0.3, 0.4) is 0 Å². The molecule has 2 N–H and O–H groups in total. The molecular weight excluding hydrogens is 182 g/mol. The molecule has 1 aliphatic rings. The van der Waals surface area contributed by atoms with Gasteiger partial charge in [-0.05, 0) is 37.3 Å². The first-order valence-electron chi connectivity index (χ1n) is 4.81. The van der Waals surface area contributed by atoms with Crippen LogP contribution in [0.1, 0.15) is 30.2 Å². The molecule has 0 bridgehead atoms. The Morgan fingerprint density at radius 2 is 2.62 bits per heavy atom. The van der Waals surface area contributed by atoms with Gasteiger partial charge in [-0.2, -0.15) is 0 Å². The average Bonchev–Trinajstić information content (AvgIpc) is 2.74. The summed E-state index contributed by atoms with van der Waals surface area (Å²) in [5, 5.41) is 15.2. The third-order valence-corrected chi connectivity index (χ3v) is 3.52. The SMILES string of the molecule is O[C@@H](C[C@H]1CCCN1)c1cccs1. The van der Waals surface area contributed by atoms with E-state index in [4.69, 9.17) is 0 Å². The lowest BCUT2D eigenvalue weighted by Crippen LogP contribution is -2.23. The Bertz CT molecular complexity index is 241. The summed E-state index contributed by atoms with van der Waals surface area (Å²) < 4.78 is 0. The summed E-state index contributed by atoms with van der Waals surface area (Å²) in [5.41, 5.74) is 0. The largest absolute Gasteiger partial charge is 0.388 e. The molecule has 1 aromatic heterocycles. The molecule has 0 unspecified atom stereocenters. The second-order valence-electron chi connectivity index (χ2n) is 3.56. The van der Waals surface area contributed by atoms with Gasteiger partial charge in [-0.25, -0.2) is 0 Å². The van der Waals surface area contributed by atoms with Crippen LogP contribution in [-0.4, -0.2) is 17.7 Å². The van der Waals surface area contributed by atoms with Gasteiger partial charge in [0, 0.05) is 10.9 Å². The van der Waals surface area contributed by atoms with Crippen LogP contribution in [0, 0.1) is 0 Å². The normalized spacial score (nSPS) is 24.8. The molecule has 0 radical (unpaired) electrons. The van der Waals surface area contributed by atoms with Crippen LogP contribution in [0.4, 0.5) is 0 Å². The van der Waals surface area contributed by atoms with Crippen molar-refractivity contribution in [2.24, 2.45) is 0 Å². The average molecular weight is 197 g/mol. The zero-order valence-electron chi connectivity index (χ0n) is 7.57. The van der Waals surface area contributed by atoms with Crippen LogP contribution in [0.5, 0.6) is 0 Å². The summed E-state index contributed by atoms with van der Waals surface area (Å²) in [4.78, 5) is 1.09. The lowest BCUT2D eigenvalue weighted by Gasteiger charge is -2.14. The van der Waals surface area contributed by atoms with Gasteiger partial charge in [0.1, 0.15) is 0 Å². The second kappa shape index (κ2) is 4.22. The number of nitrogens with one attached hydrogen (secondary N) is 1. The molecular formula is C10H15NOS. The van der Waals surface area contributed by atoms with E-state index in [2.05, 4.69) is 5.32 Å².